The molecule has 4 rings (SSSR count). The number of ketones is 2. The van der Waals surface area contributed by atoms with Crippen molar-refractivity contribution in [3.05, 3.63) is 45.5 Å². The lowest BCUT2D eigenvalue weighted by Crippen LogP contribution is -2.58. The van der Waals surface area contributed by atoms with Crippen molar-refractivity contribution in [2.75, 3.05) is 13.1 Å². The summed E-state index contributed by atoms with van der Waals surface area (Å²) in [5, 5.41) is 43.7. The fourth-order valence-corrected chi connectivity index (χ4v) is 6.05. The Bertz CT molecular complexity index is 1240. The maximum absolute atomic E-state index is 15.8. The number of carbonyl (C=O) groups excluding carboxylic acids is 3. The zero-order valence-electron chi connectivity index (χ0n) is 21.0. The number of nitrogens with two attached hydrogens (primary N) is 1. The molecule has 1 fully saturated rings. The number of fused-ring (bicyclic) bond motifs is 3. The molecule has 0 spiro atoms. The lowest BCUT2D eigenvalue weighted by atomic mass is 9.59. The third-order valence-corrected chi connectivity index (χ3v) is 7.83. The van der Waals surface area contributed by atoms with Crippen molar-refractivity contribution in [2.45, 2.75) is 64.5 Å². The Morgan fingerprint density at radius 2 is 1.86 bits per heavy atom. The van der Waals surface area contributed by atoms with E-state index in [-0.39, 0.29) is 41.6 Å². The molecule has 3 aliphatic carbocycles. The zero-order chi connectivity index (χ0) is 27.2. The predicted octanol–water partition coefficient (Wildman–Crippen LogP) is 2.58. The lowest BCUT2D eigenvalue weighted by molar-refractivity contribution is -0.147. The topological polar surface area (TPSA) is 161 Å². The number of Topliss-reactive ketones (excluding diaryl/α,β-unsaturated/α-hetero) is 2. The standard InChI is InChI=1S/C27H33FN2O7/c1-3-5-7-30(6-4-2)12-14-10-17(31)20-16(22(14)28)9-13-8-15-11-18(32)21(26(29)36)25(35)27(15,37)24(34)19(13)23(20)33/h10,13,15,31,33,35,37H,3-9,11-12H2,1-2H3,(H2,29,36)/t13?,15-,27-/m0/s1. The fourth-order valence-electron chi connectivity index (χ4n) is 6.05. The summed E-state index contributed by atoms with van der Waals surface area (Å²) in [4.78, 5) is 39.8. The van der Waals surface area contributed by atoms with Gasteiger partial charge in [-0.15, -0.1) is 0 Å². The zero-order valence-corrected chi connectivity index (χ0v) is 21.0. The van der Waals surface area contributed by atoms with Gasteiger partial charge in [0.25, 0.3) is 5.91 Å². The predicted molar refractivity (Wildman–Crippen MR) is 132 cm³/mol. The van der Waals surface area contributed by atoms with Gasteiger partial charge in [0, 0.05) is 35.6 Å². The molecule has 37 heavy (non-hydrogen) atoms. The van der Waals surface area contributed by atoms with Crippen LogP contribution in [0.2, 0.25) is 0 Å². The van der Waals surface area contributed by atoms with Gasteiger partial charge in [0.2, 0.25) is 5.78 Å². The van der Waals surface area contributed by atoms with Crippen LogP contribution in [0.1, 0.15) is 62.6 Å². The van der Waals surface area contributed by atoms with Crippen LogP contribution in [-0.4, -0.2) is 61.5 Å². The summed E-state index contributed by atoms with van der Waals surface area (Å²) >= 11 is 0. The van der Waals surface area contributed by atoms with E-state index in [2.05, 4.69) is 11.8 Å². The van der Waals surface area contributed by atoms with Crippen LogP contribution in [0, 0.1) is 17.7 Å². The molecule has 10 heteroatoms. The highest BCUT2D eigenvalue weighted by atomic mass is 19.1. The van der Waals surface area contributed by atoms with Gasteiger partial charge in [-0.2, -0.15) is 0 Å². The van der Waals surface area contributed by atoms with Crippen LogP contribution >= 0.6 is 0 Å². The number of aromatic hydroxyl groups is 1. The fraction of sp³-hybridized carbons (Fsp3) is 0.519. The van der Waals surface area contributed by atoms with Gasteiger partial charge < -0.3 is 26.2 Å². The third kappa shape index (κ3) is 4.21. The number of amides is 1. The minimum absolute atomic E-state index is 0.0359. The molecule has 0 aromatic heterocycles. The highest BCUT2D eigenvalue weighted by molar-refractivity contribution is 6.22. The first-order valence-corrected chi connectivity index (χ1v) is 12.7. The van der Waals surface area contributed by atoms with Crippen LogP contribution in [0.3, 0.4) is 0 Å². The Balaban J connectivity index is 1.79. The summed E-state index contributed by atoms with van der Waals surface area (Å²) in [6.45, 7) is 5.89. The van der Waals surface area contributed by atoms with Crippen molar-refractivity contribution in [2.24, 2.45) is 17.6 Å². The highest BCUT2D eigenvalue weighted by Crippen LogP contribution is 2.52. The summed E-state index contributed by atoms with van der Waals surface area (Å²) < 4.78 is 15.8. The van der Waals surface area contributed by atoms with Gasteiger partial charge in [0.05, 0.1) is 5.56 Å². The molecule has 200 valence electrons. The van der Waals surface area contributed by atoms with E-state index in [1.54, 1.807) is 0 Å². The molecule has 6 N–H and O–H groups in total. The largest absolute Gasteiger partial charge is 0.508 e. The van der Waals surface area contributed by atoms with Gasteiger partial charge in [-0.3, -0.25) is 19.3 Å². The second kappa shape index (κ2) is 9.90. The summed E-state index contributed by atoms with van der Waals surface area (Å²) in [6, 6.07) is 1.24. The number of aliphatic hydroxyl groups is 3. The number of hydrogen-bond donors (Lipinski definition) is 5. The Morgan fingerprint density at radius 3 is 2.49 bits per heavy atom. The molecule has 3 aliphatic rings. The number of benzene rings is 1. The molecular formula is C27H33FN2O7. The molecule has 1 amide bonds. The van der Waals surface area contributed by atoms with Crippen molar-refractivity contribution in [3.63, 3.8) is 0 Å². The number of phenolic OH excluding ortho intramolecular Hbond substituents is 1. The minimum Gasteiger partial charge on any atom is -0.508 e. The first kappa shape index (κ1) is 26.8. The van der Waals surface area contributed by atoms with Gasteiger partial charge in [-0.1, -0.05) is 20.3 Å². The molecule has 1 aromatic carbocycles. The van der Waals surface area contributed by atoms with Crippen molar-refractivity contribution in [3.8, 4) is 5.75 Å². The van der Waals surface area contributed by atoms with Crippen LogP contribution in [0.25, 0.3) is 5.76 Å². The number of nitrogens with zero attached hydrogens (tertiary/aromatic N) is 1. The van der Waals surface area contributed by atoms with E-state index < -0.39 is 70.0 Å². The van der Waals surface area contributed by atoms with Gasteiger partial charge in [0.15, 0.2) is 11.4 Å². The second-order valence-electron chi connectivity index (χ2n) is 10.3. The number of hydrogen-bond acceptors (Lipinski definition) is 8. The van der Waals surface area contributed by atoms with Crippen molar-refractivity contribution < 1.29 is 39.2 Å². The SMILES string of the molecule is CCCCN(CCC)Cc1cc(O)c2c(c1F)CC1C[C@H]3CC(=O)C(C(N)=O)=C(O)[C@@]3(O)C(=O)C1=C2O. The molecule has 1 aromatic rings. The quantitative estimate of drug-likeness (QED) is 0.329. The van der Waals surface area contributed by atoms with Crippen molar-refractivity contribution in [1.29, 1.82) is 0 Å². The van der Waals surface area contributed by atoms with Crippen molar-refractivity contribution in [1.82, 2.24) is 4.90 Å². The van der Waals surface area contributed by atoms with Crippen molar-refractivity contribution >= 4 is 23.2 Å². The molecular weight excluding hydrogens is 483 g/mol. The molecule has 0 bridgehead atoms. The molecule has 0 radical (unpaired) electrons. The van der Waals surface area contributed by atoms with Crippen LogP contribution in [0.4, 0.5) is 4.39 Å². The molecule has 1 unspecified atom stereocenters. The first-order valence-electron chi connectivity index (χ1n) is 12.7. The van der Waals surface area contributed by atoms with E-state index >= 15 is 4.39 Å². The second-order valence-corrected chi connectivity index (χ2v) is 10.3. The van der Waals surface area contributed by atoms with Crippen LogP contribution < -0.4 is 5.73 Å². The maximum atomic E-state index is 15.8. The van der Waals surface area contributed by atoms with Gasteiger partial charge in [-0.05, 0) is 50.8 Å². The van der Waals surface area contributed by atoms with Crippen LogP contribution in [0.15, 0.2) is 23.0 Å². The smallest absolute Gasteiger partial charge is 0.255 e. The van der Waals surface area contributed by atoms with Crippen LogP contribution in [0.5, 0.6) is 5.75 Å². The normalized spacial score (nSPS) is 25.3. The molecule has 1 saturated carbocycles. The molecule has 3 atom stereocenters. The number of primary amides is 1. The number of aliphatic hydroxyl groups excluding tert-OH is 2. The Kier molecular flexibility index (Phi) is 7.18. The molecule has 0 aliphatic heterocycles. The average molecular weight is 517 g/mol. The Labute approximate surface area is 214 Å². The minimum atomic E-state index is -2.64. The molecule has 9 nitrogen and oxygen atoms in total. The average Bonchev–Trinajstić information content (AvgIpc) is 2.82. The number of carbonyl (C=O) groups is 3. The third-order valence-electron chi connectivity index (χ3n) is 7.83. The summed E-state index contributed by atoms with van der Waals surface area (Å²) in [5.41, 5.74) is 1.52. The summed E-state index contributed by atoms with van der Waals surface area (Å²) in [6.07, 6.45) is 2.30. The monoisotopic (exact) mass is 516 g/mol. The van der Waals surface area contributed by atoms with E-state index in [1.165, 1.54) is 6.07 Å². The number of phenols is 1. The van der Waals surface area contributed by atoms with E-state index in [4.69, 9.17) is 5.73 Å². The number of unbranched alkanes of at least 4 members (excludes halogenated alkanes) is 1. The van der Waals surface area contributed by atoms with Gasteiger partial charge >= 0.3 is 0 Å². The molecule has 0 heterocycles. The number of halogens is 1. The number of rotatable bonds is 8. The summed E-state index contributed by atoms with van der Waals surface area (Å²) in [5.74, 6) is -7.84. The van der Waals surface area contributed by atoms with E-state index in [0.29, 0.717) is 0 Å². The van der Waals surface area contributed by atoms with E-state index in [1.807, 2.05) is 6.92 Å². The van der Waals surface area contributed by atoms with Crippen LogP contribution in [-0.2, 0) is 27.3 Å². The van der Waals surface area contributed by atoms with Gasteiger partial charge in [0.1, 0.15) is 28.7 Å². The van der Waals surface area contributed by atoms with E-state index in [9.17, 15) is 34.8 Å². The lowest BCUT2D eigenvalue weighted by Gasteiger charge is -2.46. The Hall–Kier alpha value is -3.24. The van der Waals surface area contributed by atoms with E-state index in [0.717, 1.165) is 32.4 Å². The molecule has 0 saturated heterocycles. The van der Waals surface area contributed by atoms with Gasteiger partial charge in [-0.25, -0.2) is 4.39 Å². The highest BCUT2D eigenvalue weighted by Gasteiger charge is 2.60. The summed E-state index contributed by atoms with van der Waals surface area (Å²) in [7, 11) is 0. The maximum Gasteiger partial charge on any atom is 0.255 e. The first-order chi connectivity index (χ1) is 17.5. The Morgan fingerprint density at radius 1 is 1.16 bits per heavy atom.